The Hall–Kier alpha value is -4.03. The van der Waals surface area contributed by atoms with Crippen LogP contribution in [-0.2, 0) is 6.61 Å². The molecule has 172 valence electrons. The van der Waals surface area contributed by atoms with Crippen LogP contribution in [0.2, 0.25) is 0 Å². The van der Waals surface area contributed by atoms with E-state index in [9.17, 15) is 23.9 Å². The van der Waals surface area contributed by atoms with Gasteiger partial charge in [-0.15, -0.1) is 22.7 Å². The summed E-state index contributed by atoms with van der Waals surface area (Å²) in [6.45, 7) is 0.0902. The van der Waals surface area contributed by atoms with Crippen molar-refractivity contribution in [2.45, 2.75) is 6.61 Å². The number of fused-ring (bicyclic) bond motifs is 2. The molecule has 0 radical (unpaired) electrons. The molecule has 34 heavy (non-hydrogen) atoms. The SMILES string of the molecule is COc1cc(F)c(-n2c(=O)[nH]c3csc(C(=O)O)c3c2=O)cc1OCc1ccc2scnc2c1. The van der Waals surface area contributed by atoms with Gasteiger partial charge in [0.2, 0.25) is 0 Å². The Morgan fingerprint density at radius 2 is 2.03 bits per heavy atom. The number of aromatic amines is 1. The van der Waals surface area contributed by atoms with Crippen LogP contribution in [0.1, 0.15) is 15.2 Å². The normalized spacial score (nSPS) is 11.2. The summed E-state index contributed by atoms with van der Waals surface area (Å²) in [5.74, 6) is -2.10. The lowest BCUT2D eigenvalue weighted by Crippen LogP contribution is -2.34. The van der Waals surface area contributed by atoms with Crippen LogP contribution in [0.15, 0.2) is 50.8 Å². The fourth-order valence-corrected chi connectivity index (χ4v) is 5.02. The summed E-state index contributed by atoms with van der Waals surface area (Å²) in [5.41, 5.74) is 1.14. The fourth-order valence-electron chi connectivity index (χ4n) is 3.54. The molecule has 12 heteroatoms. The minimum absolute atomic E-state index is 0.0586. The number of benzene rings is 2. The van der Waals surface area contributed by atoms with Crippen LogP contribution in [0, 0.1) is 5.82 Å². The highest BCUT2D eigenvalue weighted by Crippen LogP contribution is 2.32. The van der Waals surface area contributed by atoms with Crippen LogP contribution < -0.4 is 20.7 Å². The summed E-state index contributed by atoms with van der Waals surface area (Å²) in [6, 6.07) is 7.80. The van der Waals surface area contributed by atoms with E-state index in [2.05, 4.69) is 9.97 Å². The van der Waals surface area contributed by atoms with Crippen molar-refractivity contribution in [1.29, 1.82) is 0 Å². The lowest BCUT2D eigenvalue weighted by Gasteiger charge is -2.14. The number of aromatic nitrogens is 3. The summed E-state index contributed by atoms with van der Waals surface area (Å²) in [4.78, 5) is 43.7. The fraction of sp³-hybridized carbons (Fsp3) is 0.0909. The molecule has 0 bridgehead atoms. The van der Waals surface area contributed by atoms with E-state index >= 15 is 0 Å². The zero-order valence-electron chi connectivity index (χ0n) is 17.3. The van der Waals surface area contributed by atoms with Gasteiger partial charge in [0.05, 0.1) is 39.4 Å². The van der Waals surface area contributed by atoms with Gasteiger partial charge in [-0.25, -0.2) is 23.5 Å². The van der Waals surface area contributed by atoms with Crippen molar-refractivity contribution >= 4 is 49.8 Å². The van der Waals surface area contributed by atoms with Crippen molar-refractivity contribution in [2.24, 2.45) is 0 Å². The Morgan fingerprint density at radius 1 is 1.21 bits per heavy atom. The van der Waals surface area contributed by atoms with Crippen LogP contribution in [0.3, 0.4) is 0 Å². The summed E-state index contributed by atoms with van der Waals surface area (Å²) in [7, 11) is 1.33. The number of nitrogens with zero attached hydrogens (tertiary/aromatic N) is 2. The summed E-state index contributed by atoms with van der Waals surface area (Å²) in [6.07, 6.45) is 0. The summed E-state index contributed by atoms with van der Waals surface area (Å²) >= 11 is 2.30. The van der Waals surface area contributed by atoms with Crippen molar-refractivity contribution in [3.05, 3.63) is 78.3 Å². The number of halogens is 1. The smallest absolute Gasteiger partial charge is 0.346 e. The van der Waals surface area contributed by atoms with Crippen molar-refractivity contribution in [2.75, 3.05) is 7.11 Å². The van der Waals surface area contributed by atoms with E-state index in [4.69, 9.17) is 9.47 Å². The number of ether oxygens (including phenoxy) is 2. The van der Waals surface area contributed by atoms with Gasteiger partial charge >= 0.3 is 11.7 Å². The van der Waals surface area contributed by atoms with Crippen molar-refractivity contribution in [3.8, 4) is 17.2 Å². The molecule has 9 nitrogen and oxygen atoms in total. The molecule has 5 aromatic rings. The molecule has 0 aliphatic rings. The molecule has 5 rings (SSSR count). The predicted octanol–water partition coefficient (Wildman–Crippen LogP) is 3.78. The zero-order valence-corrected chi connectivity index (χ0v) is 19.0. The Morgan fingerprint density at radius 3 is 2.79 bits per heavy atom. The molecule has 2 N–H and O–H groups in total. The summed E-state index contributed by atoms with van der Waals surface area (Å²) in [5, 5.41) is 10.5. The van der Waals surface area contributed by atoms with E-state index in [-0.39, 0.29) is 33.9 Å². The number of carboxylic acid groups (broad SMARTS) is 1. The highest BCUT2D eigenvalue weighted by atomic mass is 32.1. The first-order valence-electron chi connectivity index (χ1n) is 9.70. The van der Waals surface area contributed by atoms with Gasteiger partial charge in [0.15, 0.2) is 17.3 Å². The first-order chi connectivity index (χ1) is 16.4. The van der Waals surface area contributed by atoms with Gasteiger partial charge in [0.25, 0.3) is 5.56 Å². The largest absolute Gasteiger partial charge is 0.493 e. The number of thiophene rings is 1. The number of rotatable bonds is 6. The topological polar surface area (TPSA) is 124 Å². The van der Waals surface area contributed by atoms with Crippen molar-refractivity contribution in [1.82, 2.24) is 14.5 Å². The van der Waals surface area contributed by atoms with Gasteiger partial charge in [-0.3, -0.25) is 4.79 Å². The van der Waals surface area contributed by atoms with E-state index in [1.807, 2.05) is 18.2 Å². The van der Waals surface area contributed by atoms with Gasteiger partial charge in [0, 0.05) is 17.5 Å². The number of aromatic carboxylic acids is 1. The monoisotopic (exact) mass is 499 g/mol. The minimum Gasteiger partial charge on any atom is -0.493 e. The third-order valence-corrected chi connectivity index (χ3v) is 6.89. The van der Waals surface area contributed by atoms with E-state index in [1.54, 1.807) is 5.51 Å². The highest BCUT2D eigenvalue weighted by Gasteiger charge is 2.22. The Kier molecular flexibility index (Phi) is 5.38. The molecule has 0 aliphatic heterocycles. The van der Waals surface area contributed by atoms with E-state index in [1.165, 1.54) is 29.9 Å². The maximum Gasteiger partial charge on any atom is 0.346 e. The molecule has 0 atom stereocenters. The van der Waals surface area contributed by atoms with Gasteiger partial charge in [0.1, 0.15) is 11.5 Å². The first kappa shape index (κ1) is 21.8. The number of carbonyl (C=O) groups is 1. The van der Waals surface area contributed by atoms with Crippen LogP contribution in [0.5, 0.6) is 11.5 Å². The maximum absolute atomic E-state index is 15.0. The van der Waals surface area contributed by atoms with Crippen LogP contribution in [-0.4, -0.2) is 32.7 Å². The first-order valence-corrected chi connectivity index (χ1v) is 11.5. The van der Waals surface area contributed by atoms with Crippen LogP contribution in [0.25, 0.3) is 26.8 Å². The third-order valence-electron chi connectivity index (χ3n) is 5.11. The Labute approximate surface area is 197 Å². The highest BCUT2D eigenvalue weighted by molar-refractivity contribution is 7.16. The molecule has 0 aliphatic carbocycles. The quantitative estimate of drug-likeness (QED) is 0.364. The number of hydrogen-bond acceptors (Lipinski definition) is 8. The van der Waals surface area contributed by atoms with E-state index in [0.717, 1.165) is 33.2 Å². The molecular formula is C22H14FN3O6S2. The van der Waals surface area contributed by atoms with Crippen LogP contribution in [0.4, 0.5) is 4.39 Å². The lowest BCUT2D eigenvalue weighted by molar-refractivity contribution is 0.0704. The van der Waals surface area contributed by atoms with Gasteiger partial charge in [-0.1, -0.05) is 6.07 Å². The van der Waals surface area contributed by atoms with E-state index in [0.29, 0.717) is 4.57 Å². The molecule has 0 spiro atoms. The third kappa shape index (κ3) is 3.62. The summed E-state index contributed by atoms with van der Waals surface area (Å²) < 4.78 is 27.6. The molecule has 2 aromatic carbocycles. The average molecular weight is 500 g/mol. The second-order valence-electron chi connectivity index (χ2n) is 7.13. The average Bonchev–Trinajstić information content (AvgIpc) is 3.45. The van der Waals surface area contributed by atoms with Gasteiger partial charge in [-0.2, -0.15) is 0 Å². The molecule has 3 aromatic heterocycles. The van der Waals surface area contributed by atoms with Crippen LogP contribution >= 0.6 is 22.7 Å². The van der Waals surface area contributed by atoms with Crippen molar-refractivity contribution in [3.63, 3.8) is 0 Å². The molecule has 3 heterocycles. The second-order valence-corrected chi connectivity index (χ2v) is 8.89. The van der Waals surface area contributed by atoms with E-state index < -0.39 is 28.7 Å². The molecule has 0 saturated heterocycles. The number of methoxy groups -OCH3 is 1. The molecule has 0 unspecified atom stereocenters. The minimum atomic E-state index is -1.33. The van der Waals surface area contributed by atoms with Gasteiger partial charge in [-0.05, 0) is 17.7 Å². The molecule has 0 amide bonds. The number of nitrogens with one attached hydrogen (secondary N) is 1. The number of thiazole rings is 1. The molecular weight excluding hydrogens is 485 g/mol. The Bertz CT molecular complexity index is 1700. The number of H-pyrrole nitrogens is 1. The lowest BCUT2D eigenvalue weighted by atomic mass is 10.2. The molecule has 0 fully saturated rings. The maximum atomic E-state index is 15.0. The Balaban J connectivity index is 1.60. The predicted molar refractivity (Wildman–Crippen MR) is 125 cm³/mol. The van der Waals surface area contributed by atoms with Gasteiger partial charge < -0.3 is 19.6 Å². The number of carboxylic acids is 1. The van der Waals surface area contributed by atoms with Crippen molar-refractivity contribution < 1.29 is 23.8 Å². The second kappa shape index (κ2) is 8.39. The molecule has 0 saturated carbocycles. The standard InChI is InChI=1S/C22H14FN3O6S2/c1-31-15-5-11(23)14(6-16(15)32-7-10-2-3-17-12(4-10)24-9-34-17)26-20(27)18-13(25-22(26)30)8-33-19(18)21(28)29/h2-6,8-9H,7H2,1H3,(H,25,30)(H,28,29). The number of hydrogen-bond donors (Lipinski definition) is 2. The zero-order chi connectivity index (χ0) is 24.0.